The molecular formula is C14H15N5OS. The SMILES string of the molecule is CCCn1ccnc(Sc2nc3ccc(N)cc3[nH]2)c1=O. The van der Waals surface area contributed by atoms with Gasteiger partial charge in [-0.1, -0.05) is 6.92 Å². The second-order valence-electron chi connectivity index (χ2n) is 4.65. The quantitative estimate of drug-likeness (QED) is 0.721. The first-order valence-electron chi connectivity index (χ1n) is 6.66. The van der Waals surface area contributed by atoms with Gasteiger partial charge in [0, 0.05) is 24.6 Å². The number of aromatic nitrogens is 4. The summed E-state index contributed by atoms with van der Waals surface area (Å²) in [6, 6.07) is 5.46. The molecule has 0 spiro atoms. The standard InChI is InChI=1S/C14H15N5OS/c1-2-6-19-7-5-16-12(13(19)20)21-14-17-10-4-3-9(15)8-11(10)18-14/h3-5,7-8H,2,6,15H2,1H3,(H,17,18). The Hall–Kier alpha value is -2.28. The maximum atomic E-state index is 12.3. The number of benzene rings is 1. The number of anilines is 1. The molecule has 0 bridgehead atoms. The summed E-state index contributed by atoms with van der Waals surface area (Å²) in [6.07, 6.45) is 4.24. The number of nitrogens with two attached hydrogens (primary N) is 1. The topological polar surface area (TPSA) is 89.6 Å². The lowest BCUT2D eigenvalue weighted by molar-refractivity contribution is 0.631. The summed E-state index contributed by atoms with van der Waals surface area (Å²) in [6.45, 7) is 2.72. The number of aryl methyl sites for hydroxylation is 1. The summed E-state index contributed by atoms with van der Waals surface area (Å²) in [5.74, 6) is 0. The Labute approximate surface area is 125 Å². The van der Waals surface area contributed by atoms with Crippen LogP contribution >= 0.6 is 11.8 Å². The summed E-state index contributed by atoms with van der Waals surface area (Å²) in [7, 11) is 0. The van der Waals surface area contributed by atoms with Gasteiger partial charge in [-0.2, -0.15) is 0 Å². The van der Waals surface area contributed by atoms with E-state index in [9.17, 15) is 4.79 Å². The fourth-order valence-electron chi connectivity index (χ4n) is 2.06. The zero-order valence-electron chi connectivity index (χ0n) is 11.5. The fourth-order valence-corrected chi connectivity index (χ4v) is 2.86. The molecule has 3 N–H and O–H groups in total. The molecule has 2 heterocycles. The van der Waals surface area contributed by atoms with Crippen molar-refractivity contribution in [1.82, 2.24) is 19.5 Å². The molecule has 1 aromatic carbocycles. The molecule has 0 aliphatic carbocycles. The summed E-state index contributed by atoms with van der Waals surface area (Å²) in [4.78, 5) is 24.0. The third-order valence-electron chi connectivity index (χ3n) is 3.02. The van der Waals surface area contributed by atoms with Gasteiger partial charge in [0.05, 0.1) is 11.0 Å². The highest BCUT2D eigenvalue weighted by Crippen LogP contribution is 2.24. The van der Waals surface area contributed by atoms with E-state index < -0.39 is 0 Å². The summed E-state index contributed by atoms with van der Waals surface area (Å²) in [5.41, 5.74) is 7.99. The van der Waals surface area contributed by atoms with E-state index in [1.54, 1.807) is 23.0 Å². The molecule has 3 aromatic rings. The summed E-state index contributed by atoms with van der Waals surface area (Å²) >= 11 is 1.23. The van der Waals surface area contributed by atoms with Crippen molar-refractivity contribution in [3.63, 3.8) is 0 Å². The lowest BCUT2D eigenvalue weighted by Gasteiger charge is -2.04. The van der Waals surface area contributed by atoms with Crippen molar-refractivity contribution < 1.29 is 0 Å². The zero-order valence-corrected chi connectivity index (χ0v) is 12.4. The van der Waals surface area contributed by atoms with Gasteiger partial charge in [-0.3, -0.25) is 4.79 Å². The van der Waals surface area contributed by atoms with Crippen molar-refractivity contribution in [3.05, 3.63) is 40.9 Å². The molecule has 0 unspecified atom stereocenters. The molecule has 2 aromatic heterocycles. The highest BCUT2D eigenvalue weighted by Gasteiger charge is 2.10. The van der Waals surface area contributed by atoms with E-state index in [4.69, 9.17) is 5.73 Å². The maximum absolute atomic E-state index is 12.3. The number of fused-ring (bicyclic) bond motifs is 1. The number of hydrogen-bond donors (Lipinski definition) is 2. The molecule has 0 radical (unpaired) electrons. The van der Waals surface area contributed by atoms with Crippen molar-refractivity contribution in [2.75, 3.05) is 5.73 Å². The first-order valence-corrected chi connectivity index (χ1v) is 7.47. The van der Waals surface area contributed by atoms with Crippen molar-refractivity contribution in [2.45, 2.75) is 30.1 Å². The Bertz CT molecular complexity index is 839. The Balaban J connectivity index is 1.95. The number of aromatic amines is 1. The average molecular weight is 301 g/mol. The maximum Gasteiger partial charge on any atom is 0.283 e. The summed E-state index contributed by atoms with van der Waals surface area (Å²) < 4.78 is 1.66. The van der Waals surface area contributed by atoms with Crippen LogP contribution in [0.4, 0.5) is 5.69 Å². The van der Waals surface area contributed by atoms with Gasteiger partial charge in [-0.25, -0.2) is 9.97 Å². The molecule has 0 amide bonds. The van der Waals surface area contributed by atoms with E-state index >= 15 is 0 Å². The second-order valence-corrected chi connectivity index (χ2v) is 5.63. The van der Waals surface area contributed by atoms with Crippen molar-refractivity contribution in [1.29, 1.82) is 0 Å². The largest absolute Gasteiger partial charge is 0.399 e. The zero-order chi connectivity index (χ0) is 14.8. The van der Waals surface area contributed by atoms with Crippen LogP contribution in [0.2, 0.25) is 0 Å². The first-order chi connectivity index (χ1) is 10.2. The van der Waals surface area contributed by atoms with Crippen molar-refractivity contribution >= 4 is 28.5 Å². The van der Waals surface area contributed by atoms with Gasteiger partial charge in [0.1, 0.15) is 0 Å². The summed E-state index contributed by atoms with van der Waals surface area (Å²) in [5, 5.41) is 1.05. The van der Waals surface area contributed by atoms with Gasteiger partial charge in [-0.15, -0.1) is 0 Å². The van der Waals surface area contributed by atoms with Crippen molar-refractivity contribution in [2.24, 2.45) is 0 Å². The predicted octanol–water partition coefficient (Wildman–Crippen LogP) is 2.26. The molecule has 0 fully saturated rings. The average Bonchev–Trinajstić information content (AvgIpc) is 2.85. The Morgan fingerprint density at radius 2 is 2.29 bits per heavy atom. The van der Waals surface area contributed by atoms with E-state index in [2.05, 4.69) is 15.0 Å². The number of nitrogen functional groups attached to an aromatic ring is 1. The number of nitrogens with one attached hydrogen (secondary N) is 1. The van der Waals surface area contributed by atoms with Crippen molar-refractivity contribution in [3.8, 4) is 0 Å². The van der Waals surface area contributed by atoms with Crippen LogP contribution in [-0.4, -0.2) is 19.5 Å². The molecule has 0 saturated heterocycles. The van der Waals surface area contributed by atoms with Crippen LogP contribution < -0.4 is 11.3 Å². The van der Waals surface area contributed by atoms with E-state index in [0.29, 0.717) is 22.4 Å². The molecule has 7 heteroatoms. The van der Waals surface area contributed by atoms with Gasteiger partial charge in [0.25, 0.3) is 5.56 Å². The van der Waals surface area contributed by atoms with E-state index in [0.717, 1.165) is 17.5 Å². The smallest absolute Gasteiger partial charge is 0.283 e. The number of hydrogen-bond acceptors (Lipinski definition) is 5. The van der Waals surface area contributed by atoms with E-state index in [1.165, 1.54) is 11.8 Å². The molecule has 6 nitrogen and oxygen atoms in total. The number of H-pyrrole nitrogens is 1. The molecule has 108 valence electrons. The van der Waals surface area contributed by atoms with E-state index in [1.807, 2.05) is 19.1 Å². The molecule has 3 rings (SSSR count). The van der Waals surface area contributed by atoms with Gasteiger partial charge < -0.3 is 15.3 Å². The number of rotatable bonds is 4. The second kappa shape index (κ2) is 5.61. The van der Waals surface area contributed by atoms with E-state index in [-0.39, 0.29) is 5.56 Å². The molecule has 0 atom stereocenters. The Morgan fingerprint density at radius 1 is 1.43 bits per heavy atom. The van der Waals surface area contributed by atoms with Crippen LogP contribution in [0.1, 0.15) is 13.3 Å². The van der Waals surface area contributed by atoms with Crippen LogP contribution in [-0.2, 0) is 6.54 Å². The first kappa shape index (κ1) is 13.7. The third-order valence-corrected chi connectivity index (χ3v) is 3.88. The lowest BCUT2D eigenvalue weighted by atomic mass is 10.3. The predicted molar refractivity (Wildman–Crippen MR) is 83.4 cm³/mol. The van der Waals surface area contributed by atoms with Crippen LogP contribution in [0.15, 0.2) is 45.6 Å². The van der Waals surface area contributed by atoms with Gasteiger partial charge in [-0.05, 0) is 36.4 Å². The highest BCUT2D eigenvalue weighted by molar-refractivity contribution is 7.99. The minimum Gasteiger partial charge on any atom is -0.399 e. The van der Waals surface area contributed by atoms with Gasteiger partial charge in [0.2, 0.25) is 0 Å². The van der Waals surface area contributed by atoms with Crippen LogP contribution in [0.3, 0.4) is 0 Å². The third kappa shape index (κ3) is 2.78. The highest BCUT2D eigenvalue weighted by atomic mass is 32.2. The van der Waals surface area contributed by atoms with Crippen LogP contribution in [0.5, 0.6) is 0 Å². The lowest BCUT2D eigenvalue weighted by Crippen LogP contribution is -2.21. The Morgan fingerprint density at radius 3 is 3.10 bits per heavy atom. The van der Waals surface area contributed by atoms with Gasteiger partial charge in [0.15, 0.2) is 10.2 Å². The molecule has 0 aliphatic heterocycles. The van der Waals surface area contributed by atoms with Gasteiger partial charge >= 0.3 is 0 Å². The fraction of sp³-hybridized carbons (Fsp3) is 0.214. The minimum atomic E-state index is -0.0932. The van der Waals surface area contributed by atoms with Crippen LogP contribution in [0, 0.1) is 0 Å². The molecule has 21 heavy (non-hydrogen) atoms. The number of imidazole rings is 1. The minimum absolute atomic E-state index is 0.0932. The number of nitrogens with zero attached hydrogens (tertiary/aromatic N) is 3. The molecular weight excluding hydrogens is 286 g/mol. The molecule has 0 saturated carbocycles. The monoisotopic (exact) mass is 301 g/mol. The molecule has 0 aliphatic rings. The normalized spacial score (nSPS) is 11.1. The van der Waals surface area contributed by atoms with Crippen LogP contribution in [0.25, 0.3) is 11.0 Å². The Kier molecular flexibility index (Phi) is 3.66.